The van der Waals surface area contributed by atoms with Crippen LogP contribution in [0.1, 0.15) is 35.6 Å². The third-order valence-electron chi connectivity index (χ3n) is 9.67. The lowest BCUT2D eigenvalue weighted by atomic mass is 9.86. The maximum Gasteiger partial charge on any atom is 0.167 e. The number of rotatable bonds is 11. The number of halogens is 2. The van der Waals surface area contributed by atoms with E-state index in [9.17, 15) is 0 Å². The number of hydrogen-bond donors (Lipinski definition) is 0. The lowest BCUT2D eigenvalue weighted by Gasteiger charge is -2.26. The number of nitrogens with zero attached hydrogens (tertiary/aromatic N) is 2. The highest BCUT2D eigenvalue weighted by atomic mass is 19.2. The van der Waals surface area contributed by atoms with Crippen LogP contribution >= 0.6 is 0 Å². The highest BCUT2D eigenvalue weighted by Gasteiger charge is 2.25. The van der Waals surface area contributed by atoms with Crippen LogP contribution in [0.3, 0.4) is 0 Å². The number of benzene rings is 7. The molecule has 0 fully saturated rings. The number of para-hydroxylation sites is 2. The molecule has 0 aliphatic heterocycles. The molecule has 0 bridgehead atoms. The van der Waals surface area contributed by atoms with Gasteiger partial charge in [0, 0.05) is 45.3 Å². The highest BCUT2D eigenvalue weighted by molar-refractivity contribution is 5.87. The molecule has 0 saturated carbocycles. The maximum atomic E-state index is 16.6. The molecule has 4 heteroatoms. The molecule has 0 atom stereocenters. The first-order valence-corrected chi connectivity index (χ1v) is 18.1. The summed E-state index contributed by atoms with van der Waals surface area (Å²) in [6.45, 7) is 10.3. The van der Waals surface area contributed by atoms with Gasteiger partial charge in [-0.3, -0.25) is 0 Å². The molecular formula is C49H42F2N2. The van der Waals surface area contributed by atoms with Crippen LogP contribution in [0.15, 0.2) is 164 Å². The van der Waals surface area contributed by atoms with E-state index in [1.807, 2.05) is 84.9 Å². The van der Waals surface area contributed by atoms with Gasteiger partial charge in [0.2, 0.25) is 0 Å². The van der Waals surface area contributed by atoms with Gasteiger partial charge in [-0.2, -0.15) is 0 Å². The zero-order chi connectivity index (χ0) is 36.9. The van der Waals surface area contributed by atoms with Gasteiger partial charge in [0.05, 0.1) is 0 Å². The van der Waals surface area contributed by atoms with E-state index >= 15 is 8.78 Å². The SMILES string of the molecule is C=Cc1c(CCC)c(-c2ccc(N(c3ccccc3)c3ccccc3)cc2)c(F)c(F)c1-c1ccc(N(c2ccc(C)cc2)c2ccc(C)cc2)cc1. The van der Waals surface area contributed by atoms with Crippen molar-refractivity contribution in [3.05, 3.63) is 198 Å². The van der Waals surface area contributed by atoms with E-state index in [-0.39, 0.29) is 11.1 Å². The number of aryl methyl sites for hydroxylation is 2. The van der Waals surface area contributed by atoms with Crippen LogP contribution < -0.4 is 9.80 Å². The Hall–Kier alpha value is -6.26. The molecule has 0 spiro atoms. The van der Waals surface area contributed by atoms with Crippen LogP contribution in [-0.2, 0) is 6.42 Å². The molecule has 7 rings (SSSR count). The molecule has 7 aromatic carbocycles. The molecule has 0 unspecified atom stereocenters. The summed E-state index contributed by atoms with van der Waals surface area (Å²) in [5.74, 6) is -1.73. The molecule has 0 N–H and O–H groups in total. The van der Waals surface area contributed by atoms with Crippen molar-refractivity contribution >= 4 is 40.2 Å². The van der Waals surface area contributed by atoms with Crippen LogP contribution in [0.2, 0.25) is 0 Å². The second-order valence-corrected chi connectivity index (χ2v) is 13.3. The van der Waals surface area contributed by atoms with Gasteiger partial charge in [-0.05, 0) is 115 Å². The third-order valence-corrected chi connectivity index (χ3v) is 9.67. The van der Waals surface area contributed by atoms with Crippen LogP contribution in [-0.4, -0.2) is 0 Å². The Morgan fingerprint density at radius 3 is 1.19 bits per heavy atom. The predicted molar refractivity (Wildman–Crippen MR) is 220 cm³/mol. The van der Waals surface area contributed by atoms with Gasteiger partial charge >= 0.3 is 0 Å². The smallest absolute Gasteiger partial charge is 0.167 e. The van der Waals surface area contributed by atoms with Crippen LogP contribution in [0.5, 0.6) is 0 Å². The van der Waals surface area contributed by atoms with Crippen molar-refractivity contribution in [2.24, 2.45) is 0 Å². The first-order valence-electron chi connectivity index (χ1n) is 18.1. The summed E-state index contributed by atoms with van der Waals surface area (Å²) < 4.78 is 33.2. The number of hydrogen-bond acceptors (Lipinski definition) is 2. The van der Waals surface area contributed by atoms with Gasteiger partial charge in [-0.1, -0.05) is 122 Å². The Kier molecular flexibility index (Phi) is 10.3. The van der Waals surface area contributed by atoms with Crippen molar-refractivity contribution in [2.45, 2.75) is 33.6 Å². The summed E-state index contributed by atoms with van der Waals surface area (Å²) in [5.41, 5.74) is 11.3. The van der Waals surface area contributed by atoms with Crippen LogP contribution in [0.25, 0.3) is 28.3 Å². The summed E-state index contributed by atoms with van der Waals surface area (Å²) in [7, 11) is 0. The predicted octanol–water partition coefficient (Wildman–Crippen LogP) is 14.5. The average molecular weight is 697 g/mol. The molecule has 0 heterocycles. The van der Waals surface area contributed by atoms with Crippen molar-refractivity contribution < 1.29 is 8.78 Å². The topological polar surface area (TPSA) is 6.48 Å². The minimum Gasteiger partial charge on any atom is -0.311 e. The van der Waals surface area contributed by atoms with Gasteiger partial charge < -0.3 is 9.80 Å². The average Bonchev–Trinajstić information content (AvgIpc) is 3.19. The summed E-state index contributed by atoms with van der Waals surface area (Å²) in [5, 5.41) is 0. The summed E-state index contributed by atoms with van der Waals surface area (Å²) in [4.78, 5) is 4.31. The molecule has 2 nitrogen and oxygen atoms in total. The first-order chi connectivity index (χ1) is 25.9. The van der Waals surface area contributed by atoms with Gasteiger partial charge in [0.15, 0.2) is 11.6 Å². The Morgan fingerprint density at radius 2 is 0.811 bits per heavy atom. The van der Waals surface area contributed by atoms with Crippen molar-refractivity contribution in [1.82, 2.24) is 0 Å². The molecule has 53 heavy (non-hydrogen) atoms. The minimum absolute atomic E-state index is 0.226. The van der Waals surface area contributed by atoms with Gasteiger partial charge in [0.25, 0.3) is 0 Å². The molecule has 0 radical (unpaired) electrons. The van der Waals surface area contributed by atoms with E-state index in [0.717, 1.165) is 46.1 Å². The Labute approximate surface area is 311 Å². The van der Waals surface area contributed by atoms with E-state index in [1.54, 1.807) is 6.08 Å². The molecule has 0 aliphatic rings. The Bertz CT molecular complexity index is 2230. The van der Waals surface area contributed by atoms with Crippen molar-refractivity contribution in [3.8, 4) is 22.3 Å². The molecule has 0 saturated heterocycles. The molecule has 0 aliphatic carbocycles. The fourth-order valence-electron chi connectivity index (χ4n) is 7.06. The van der Waals surface area contributed by atoms with Crippen molar-refractivity contribution in [1.29, 1.82) is 0 Å². The number of anilines is 6. The molecule has 262 valence electrons. The first kappa shape index (κ1) is 35.2. The second kappa shape index (κ2) is 15.5. The zero-order valence-corrected chi connectivity index (χ0v) is 30.4. The lowest BCUT2D eigenvalue weighted by Crippen LogP contribution is -2.10. The normalized spacial score (nSPS) is 11.0. The molecule has 0 amide bonds. The Balaban J connectivity index is 1.30. The van der Waals surface area contributed by atoms with Crippen molar-refractivity contribution in [2.75, 3.05) is 9.80 Å². The van der Waals surface area contributed by atoms with Gasteiger partial charge in [0.1, 0.15) is 0 Å². The summed E-state index contributed by atoms with van der Waals surface area (Å²) in [6.07, 6.45) is 2.99. The van der Waals surface area contributed by atoms with E-state index in [4.69, 9.17) is 0 Å². The van der Waals surface area contributed by atoms with Gasteiger partial charge in [-0.25, -0.2) is 8.78 Å². The largest absolute Gasteiger partial charge is 0.311 e. The third kappa shape index (κ3) is 7.14. The van der Waals surface area contributed by atoms with Gasteiger partial charge in [-0.15, -0.1) is 0 Å². The summed E-state index contributed by atoms with van der Waals surface area (Å²) in [6, 6.07) is 52.4. The fraction of sp³-hybridized carbons (Fsp3) is 0.102. The standard InChI is InChI=1S/C49H42F2N2/c1-5-13-45-44(6-2)46(36-22-30-43(31-23-36)53(40-26-18-34(3)19-27-40)41-28-20-35(4)21-29-41)48(50)49(51)47(45)37-24-32-42(33-25-37)52(38-14-9-7-10-15-38)39-16-11-8-12-17-39/h6-12,14-33H,2,5,13H2,1,3-4H3. The molecule has 7 aromatic rings. The lowest BCUT2D eigenvalue weighted by molar-refractivity contribution is 0.512. The maximum absolute atomic E-state index is 16.6. The zero-order valence-electron chi connectivity index (χ0n) is 30.4. The van der Waals surface area contributed by atoms with Crippen LogP contribution in [0.4, 0.5) is 42.9 Å². The van der Waals surface area contributed by atoms with E-state index in [2.05, 4.69) is 110 Å². The highest BCUT2D eigenvalue weighted by Crippen LogP contribution is 2.43. The van der Waals surface area contributed by atoms with E-state index in [0.29, 0.717) is 23.1 Å². The summed E-state index contributed by atoms with van der Waals surface area (Å²) >= 11 is 0. The monoisotopic (exact) mass is 696 g/mol. The second-order valence-electron chi connectivity index (χ2n) is 13.3. The molecule has 0 aromatic heterocycles. The Morgan fingerprint density at radius 1 is 0.472 bits per heavy atom. The molecular weight excluding hydrogens is 655 g/mol. The minimum atomic E-state index is -0.879. The van der Waals surface area contributed by atoms with Crippen molar-refractivity contribution in [3.63, 3.8) is 0 Å². The fourth-order valence-corrected chi connectivity index (χ4v) is 7.06. The van der Waals surface area contributed by atoms with E-state index in [1.165, 1.54) is 11.1 Å². The van der Waals surface area contributed by atoms with E-state index < -0.39 is 11.6 Å². The van der Waals surface area contributed by atoms with Crippen LogP contribution in [0, 0.1) is 25.5 Å². The quantitative estimate of drug-likeness (QED) is 0.133.